The number of fused-ring (bicyclic) bond motifs is 3. The number of aromatic nitrogens is 3. The molecule has 190 valence electrons. The molecule has 0 amide bonds. The highest BCUT2D eigenvalue weighted by atomic mass is 16.6. The van der Waals surface area contributed by atoms with Crippen LogP contribution in [0.25, 0.3) is 5.69 Å². The fourth-order valence-electron chi connectivity index (χ4n) is 5.49. The minimum absolute atomic E-state index is 0.0775. The molecule has 2 aliphatic rings. The maximum atomic E-state index is 12.3. The fourth-order valence-corrected chi connectivity index (χ4v) is 5.49. The van der Waals surface area contributed by atoms with Crippen molar-refractivity contribution in [2.45, 2.75) is 46.3 Å². The van der Waals surface area contributed by atoms with Crippen molar-refractivity contribution in [3.05, 3.63) is 52.3 Å². The summed E-state index contributed by atoms with van der Waals surface area (Å²) in [5.41, 5.74) is 5.99. The Morgan fingerprint density at radius 1 is 1.06 bits per heavy atom. The molecule has 9 nitrogen and oxygen atoms in total. The molecule has 1 aliphatic carbocycles. The molecule has 2 heterocycles. The van der Waals surface area contributed by atoms with E-state index < -0.39 is 0 Å². The first-order valence-electron chi connectivity index (χ1n) is 12.0. The molecule has 0 bridgehead atoms. The highest BCUT2D eigenvalue weighted by molar-refractivity contribution is 5.76. The smallest absolute Gasteiger partial charge is 0.309 e. The number of carbonyl (C=O) groups is 1. The lowest BCUT2D eigenvalue weighted by Crippen LogP contribution is -2.22. The summed E-state index contributed by atoms with van der Waals surface area (Å²) in [7, 11) is 4.70. The number of aryl methyl sites for hydroxylation is 1. The van der Waals surface area contributed by atoms with E-state index in [-0.39, 0.29) is 30.5 Å². The van der Waals surface area contributed by atoms with Crippen molar-refractivity contribution >= 4 is 5.97 Å². The van der Waals surface area contributed by atoms with Gasteiger partial charge in [0, 0.05) is 23.6 Å². The Kier molecular flexibility index (Phi) is 6.24. The van der Waals surface area contributed by atoms with E-state index in [2.05, 4.69) is 23.3 Å². The Morgan fingerprint density at radius 2 is 1.78 bits per heavy atom. The average molecular weight is 494 g/mol. The van der Waals surface area contributed by atoms with Gasteiger partial charge in [0.15, 0.2) is 11.5 Å². The molecule has 36 heavy (non-hydrogen) atoms. The number of carbonyl (C=O) groups excluding carboxylic acids is 1. The summed E-state index contributed by atoms with van der Waals surface area (Å²) in [5.74, 6) is 2.33. The van der Waals surface area contributed by atoms with Gasteiger partial charge in [-0.1, -0.05) is 12.1 Å². The van der Waals surface area contributed by atoms with Crippen LogP contribution in [0.4, 0.5) is 0 Å². The van der Waals surface area contributed by atoms with Gasteiger partial charge in [0.2, 0.25) is 5.75 Å². The summed E-state index contributed by atoms with van der Waals surface area (Å²) in [6, 6.07) is 5.69. The van der Waals surface area contributed by atoms with Crippen LogP contribution in [-0.4, -0.2) is 42.3 Å². The van der Waals surface area contributed by atoms with Crippen molar-refractivity contribution in [2.75, 3.05) is 21.3 Å². The Bertz CT molecular complexity index is 1290. The zero-order valence-electron chi connectivity index (χ0n) is 21.5. The van der Waals surface area contributed by atoms with Crippen molar-refractivity contribution in [3.8, 4) is 28.7 Å². The van der Waals surface area contributed by atoms with Gasteiger partial charge >= 0.3 is 5.97 Å². The third kappa shape index (κ3) is 3.83. The lowest BCUT2D eigenvalue weighted by molar-refractivity contribution is -0.144. The SMILES string of the molecule is COc1cc(-n2nncc2COc2cc(C)c3c(c2C)[C@@H]2OC(=O)[C@@H](C)[C@@H]2CC3)cc(OC)c1OC. The fraction of sp³-hybridized carbons (Fsp3) is 0.444. The molecule has 5 rings (SSSR count). The molecule has 0 unspecified atom stereocenters. The minimum atomic E-state index is -0.204. The van der Waals surface area contributed by atoms with Crippen molar-refractivity contribution in [1.82, 2.24) is 15.0 Å². The summed E-state index contributed by atoms with van der Waals surface area (Å²) in [5, 5.41) is 8.35. The molecule has 3 atom stereocenters. The second-order valence-electron chi connectivity index (χ2n) is 9.37. The first-order valence-corrected chi connectivity index (χ1v) is 12.0. The number of methoxy groups -OCH3 is 3. The summed E-state index contributed by atoms with van der Waals surface area (Å²) >= 11 is 0. The number of rotatable bonds is 7. The van der Waals surface area contributed by atoms with Gasteiger partial charge < -0.3 is 23.7 Å². The van der Waals surface area contributed by atoms with Crippen LogP contribution in [0.2, 0.25) is 0 Å². The summed E-state index contributed by atoms with van der Waals surface area (Å²) in [6.07, 6.45) is 3.37. The van der Waals surface area contributed by atoms with Crippen LogP contribution in [0.1, 0.15) is 47.4 Å². The molecule has 0 spiro atoms. The highest BCUT2D eigenvalue weighted by Gasteiger charge is 2.46. The Balaban J connectivity index is 1.45. The average Bonchev–Trinajstić information content (AvgIpc) is 3.47. The van der Waals surface area contributed by atoms with Crippen LogP contribution in [0.3, 0.4) is 0 Å². The van der Waals surface area contributed by atoms with Gasteiger partial charge in [-0.15, -0.1) is 5.10 Å². The standard InChI is InChI=1S/C27H31N3O6/c1-14-9-21(16(3)24-19(14)7-8-20-15(2)27(31)36-25(20)24)35-13-18-12-28-29-30(18)17-10-22(32-4)26(34-6)23(11-17)33-5/h9-12,15,20,25H,7-8,13H2,1-6H3/t15-,20-,25+/m0/s1. The molecule has 3 aromatic rings. The first kappa shape index (κ1) is 24.0. The van der Waals surface area contributed by atoms with Gasteiger partial charge in [0.05, 0.1) is 39.1 Å². The number of hydrogen-bond donors (Lipinski definition) is 0. The minimum Gasteiger partial charge on any atom is -0.493 e. The lowest BCUT2D eigenvalue weighted by Gasteiger charge is -2.31. The predicted molar refractivity (Wildman–Crippen MR) is 131 cm³/mol. The van der Waals surface area contributed by atoms with Crippen LogP contribution < -0.4 is 18.9 Å². The van der Waals surface area contributed by atoms with Gasteiger partial charge in [0.1, 0.15) is 24.2 Å². The molecule has 1 aromatic heterocycles. The molecular formula is C27H31N3O6. The van der Waals surface area contributed by atoms with E-state index in [0.29, 0.717) is 22.9 Å². The van der Waals surface area contributed by atoms with Gasteiger partial charge in [-0.25, -0.2) is 4.68 Å². The molecule has 1 fully saturated rings. The third-order valence-corrected chi connectivity index (χ3v) is 7.47. The Morgan fingerprint density at radius 3 is 2.44 bits per heavy atom. The molecule has 1 aliphatic heterocycles. The van der Waals surface area contributed by atoms with Gasteiger partial charge in [-0.3, -0.25) is 4.79 Å². The quantitative estimate of drug-likeness (QED) is 0.450. The molecule has 0 saturated carbocycles. The van der Waals surface area contributed by atoms with E-state index in [9.17, 15) is 4.79 Å². The maximum Gasteiger partial charge on any atom is 0.309 e. The monoisotopic (exact) mass is 493 g/mol. The lowest BCUT2D eigenvalue weighted by atomic mass is 9.74. The summed E-state index contributed by atoms with van der Waals surface area (Å²) in [4.78, 5) is 12.3. The van der Waals surface area contributed by atoms with Crippen molar-refractivity contribution in [1.29, 1.82) is 0 Å². The molecule has 9 heteroatoms. The van der Waals surface area contributed by atoms with Crippen LogP contribution in [0.15, 0.2) is 24.4 Å². The zero-order valence-corrected chi connectivity index (χ0v) is 21.5. The second kappa shape index (κ2) is 9.37. The molecule has 2 aromatic carbocycles. The third-order valence-electron chi connectivity index (χ3n) is 7.47. The van der Waals surface area contributed by atoms with Gasteiger partial charge in [0.25, 0.3) is 0 Å². The Hall–Kier alpha value is -3.75. The zero-order chi connectivity index (χ0) is 25.6. The Labute approximate surface area is 210 Å². The first-order chi connectivity index (χ1) is 17.4. The van der Waals surface area contributed by atoms with Crippen molar-refractivity contribution in [2.24, 2.45) is 11.8 Å². The van der Waals surface area contributed by atoms with E-state index >= 15 is 0 Å². The van der Waals surface area contributed by atoms with Crippen LogP contribution in [0, 0.1) is 25.7 Å². The molecule has 0 radical (unpaired) electrons. The van der Waals surface area contributed by atoms with Crippen molar-refractivity contribution < 1.29 is 28.5 Å². The number of benzene rings is 2. The second-order valence-corrected chi connectivity index (χ2v) is 9.37. The number of hydrogen-bond acceptors (Lipinski definition) is 8. The number of esters is 1. The van der Waals surface area contributed by atoms with E-state index in [1.807, 2.05) is 26.0 Å². The predicted octanol–water partition coefficient (Wildman–Crippen LogP) is 4.29. The largest absolute Gasteiger partial charge is 0.493 e. The topological polar surface area (TPSA) is 93.9 Å². The van der Waals surface area contributed by atoms with Crippen LogP contribution >= 0.6 is 0 Å². The van der Waals surface area contributed by atoms with Gasteiger partial charge in [-0.05, 0) is 49.4 Å². The summed E-state index contributed by atoms with van der Waals surface area (Å²) in [6.45, 7) is 6.35. The summed E-state index contributed by atoms with van der Waals surface area (Å²) < 4.78 is 30.2. The van der Waals surface area contributed by atoms with E-state index in [1.54, 1.807) is 32.2 Å². The van der Waals surface area contributed by atoms with E-state index in [4.69, 9.17) is 23.7 Å². The highest BCUT2D eigenvalue weighted by Crippen LogP contribution is 2.49. The maximum absolute atomic E-state index is 12.3. The molecular weight excluding hydrogens is 462 g/mol. The van der Waals surface area contributed by atoms with Crippen LogP contribution in [0.5, 0.6) is 23.0 Å². The molecule has 1 saturated heterocycles. The molecule has 0 N–H and O–H groups in total. The van der Waals surface area contributed by atoms with Crippen LogP contribution in [-0.2, 0) is 22.6 Å². The number of nitrogens with zero attached hydrogens (tertiary/aromatic N) is 3. The number of ether oxygens (including phenoxy) is 5. The van der Waals surface area contributed by atoms with Crippen molar-refractivity contribution in [3.63, 3.8) is 0 Å². The van der Waals surface area contributed by atoms with Gasteiger partial charge in [-0.2, -0.15) is 0 Å². The van der Waals surface area contributed by atoms with E-state index in [1.165, 1.54) is 5.56 Å². The normalized spacial score (nSPS) is 20.4. The van der Waals surface area contributed by atoms with E-state index in [0.717, 1.165) is 41.0 Å².